The van der Waals surface area contributed by atoms with E-state index < -0.39 is 16.4 Å². The number of hydrogen-bond donors (Lipinski definition) is 2. The standard InChI is InChI=1S/C14H15N3O4/c1-3-14(2,13(18)19)16-12-7-4-9-8-10(17(20)21)5-6-11(9)15-12/h4-8H,3H2,1-2H3,(H,15,16)(H,18,19). The van der Waals surface area contributed by atoms with Crippen LogP contribution in [0.2, 0.25) is 0 Å². The molecule has 0 aliphatic rings. The number of anilines is 1. The summed E-state index contributed by atoms with van der Waals surface area (Å²) in [6.45, 7) is 3.35. The third-order valence-electron chi connectivity index (χ3n) is 3.47. The van der Waals surface area contributed by atoms with E-state index in [-0.39, 0.29) is 5.69 Å². The summed E-state index contributed by atoms with van der Waals surface area (Å²) in [6, 6.07) is 7.64. The van der Waals surface area contributed by atoms with E-state index in [1.54, 1.807) is 32.0 Å². The number of hydrogen-bond acceptors (Lipinski definition) is 5. The lowest BCUT2D eigenvalue weighted by atomic mass is 9.99. The molecule has 7 heteroatoms. The Hall–Kier alpha value is -2.70. The van der Waals surface area contributed by atoms with Crippen molar-refractivity contribution in [2.24, 2.45) is 0 Å². The summed E-state index contributed by atoms with van der Waals surface area (Å²) < 4.78 is 0. The molecule has 1 unspecified atom stereocenters. The van der Waals surface area contributed by atoms with Crippen molar-refractivity contribution >= 4 is 28.4 Å². The van der Waals surface area contributed by atoms with Crippen LogP contribution in [0.4, 0.5) is 11.5 Å². The number of aliphatic carboxylic acids is 1. The zero-order valence-electron chi connectivity index (χ0n) is 11.7. The summed E-state index contributed by atoms with van der Waals surface area (Å²) in [5.74, 6) is -0.543. The normalized spacial score (nSPS) is 13.6. The SMILES string of the molecule is CCC(C)(Nc1ccc2cc([N+](=O)[O-])ccc2n1)C(=O)O. The Morgan fingerprint density at radius 2 is 2.14 bits per heavy atom. The molecule has 1 aromatic heterocycles. The zero-order chi connectivity index (χ0) is 15.6. The van der Waals surface area contributed by atoms with Crippen molar-refractivity contribution in [1.82, 2.24) is 4.98 Å². The summed E-state index contributed by atoms with van der Waals surface area (Å²) in [5.41, 5.74) is -0.551. The highest BCUT2D eigenvalue weighted by Crippen LogP contribution is 2.23. The summed E-state index contributed by atoms with van der Waals surface area (Å²) >= 11 is 0. The van der Waals surface area contributed by atoms with Crippen molar-refractivity contribution in [2.45, 2.75) is 25.8 Å². The van der Waals surface area contributed by atoms with Crippen molar-refractivity contribution in [2.75, 3.05) is 5.32 Å². The second-order valence-corrected chi connectivity index (χ2v) is 4.95. The molecule has 2 rings (SSSR count). The second-order valence-electron chi connectivity index (χ2n) is 4.95. The van der Waals surface area contributed by atoms with Gasteiger partial charge in [0.05, 0.1) is 10.4 Å². The minimum Gasteiger partial charge on any atom is -0.480 e. The Morgan fingerprint density at radius 3 is 2.71 bits per heavy atom. The molecule has 0 saturated carbocycles. The highest BCUT2D eigenvalue weighted by molar-refractivity contribution is 5.85. The largest absolute Gasteiger partial charge is 0.480 e. The molecule has 21 heavy (non-hydrogen) atoms. The van der Waals surface area contributed by atoms with Gasteiger partial charge in [-0.1, -0.05) is 6.92 Å². The first-order chi connectivity index (χ1) is 9.85. The number of aromatic nitrogens is 1. The van der Waals surface area contributed by atoms with E-state index in [2.05, 4.69) is 10.3 Å². The Labute approximate surface area is 120 Å². The van der Waals surface area contributed by atoms with E-state index in [1.165, 1.54) is 12.1 Å². The fourth-order valence-corrected chi connectivity index (χ4v) is 1.87. The highest BCUT2D eigenvalue weighted by Gasteiger charge is 2.31. The lowest BCUT2D eigenvalue weighted by molar-refractivity contribution is -0.384. The lowest BCUT2D eigenvalue weighted by Gasteiger charge is -2.25. The fourth-order valence-electron chi connectivity index (χ4n) is 1.87. The van der Waals surface area contributed by atoms with Gasteiger partial charge >= 0.3 is 5.97 Å². The number of rotatable bonds is 5. The van der Waals surface area contributed by atoms with Gasteiger partial charge in [0.2, 0.25) is 0 Å². The predicted octanol–water partition coefficient (Wildman–Crippen LogP) is 2.81. The van der Waals surface area contributed by atoms with Crippen LogP contribution in [0.3, 0.4) is 0 Å². The fraction of sp³-hybridized carbons (Fsp3) is 0.286. The molecule has 0 fully saturated rings. The molecule has 0 radical (unpaired) electrons. The van der Waals surface area contributed by atoms with Crippen LogP contribution in [0.1, 0.15) is 20.3 Å². The number of carboxylic acids is 1. The monoisotopic (exact) mass is 289 g/mol. The van der Waals surface area contributed by atoms with Crippen LogP contribution < -0.4 is 5.32 Å². The molecule has 1 aromatic carbocycles. The summed E-state index contributed by atoms with van der Waals surface area (Å²) in [5, 5.41) is 23.5. The number of carboxylic acid groups (broad SMARTS) is 1. The second kappa shape index (κ2) is 5.35. The zero-order valence-corrected chi connectivity index (χ0v) is 11.7. The van der Waals surface area contributed by atoms with E-state index in [0.29, 0.717) is 23.1 Å². The van der Waals surface area contributed by atoms with Crippen LogP contribution in [0.5, 0.6) is 0 Å². The van der Waals surface area contributed by atoms with Crippen molar-refractivity contribution in [3.8, 4) is 0 Å². The number of non-ortho nitro benzene ring substituents is 1. The summed E-state index contributed by atoms with van der Waals surface area (Å²) in [4.78, 5) is 25.8. The molecular formula is C14H15N3O4. The van der Waals surface area contributed by atoms with Gasteiger partial charge in [-0.25, -0.2) is 9.78 Å². The average molecular weight is 289 g/mol. The molecule has 2 aromatic rings. The van der Waals surface area contributed by atoms with Gasteiger partial charge in [-0.05, 0) is 31.5 Å². The average Bonchev–Trinajstić information content (AvgIpc) is 2.46. The smallest absolute Gasteiger partial charge is 0.329 e. The number of pyridine rings is 1. The molecule has 0 bridgehead atoms. The minimum absolute atomic E-state index is 0.00561. The van der Waals surface area contributed by atoms with Crippen LogP contribution in [0, 0.1) is 10.1 Å². The number of fused-ring (bicyclic) bond motifs is 1. The molecule has 7 nitrogen and oxygen atoms in total. The number of carbonyl (C=O) groups is 1. The molecule has 1 atom stereocenters. The van der Waals surface area contributed by atoms with Gasteiger partial charge in [0.1, 0.15) is 11.4 Å². The maximum atomic E-state index is 11.3. The van der Waals surface area contributed by atoms with Gasteiger partial charge in [-0.15, -0.1) is 0 Å². The van der Waals surface area contributed by atoms with Crippen molar-refractivity contribution in [3.63, 3.8) is 0 Å². The maximum absolute atomic E-state index is 11.3. The maximum Gasteiger partial charge on any atom is 0.329 e. The van der Waals surface area contributed by atoms with E-state index in [9.17, 15) is 20.0 Å². The van der Waals surface area contributed by atoms with Gasteiger partial charge in [-0.3, -0.25) is 10.1 Å². The number of nitro benzene ring substituents is 1. The summed E-state index contributed by atoms with van der Waals surface area (Å²) in [7, 11) is 0. The van der Waals surface area contributed by atoms with Gasteiger partial charge in [0.15, 0.2) is 0 Å². The van der Waals surface area contributed by atoms with E-state index in [1.807, 2.05) is 0 Å². The Bertz CT molecular complexity index is 716. The Morgan fingerprint density at radius 1 is 1.43 bits per heavy atom. The van der Waals surface area contributed by atoms with Gasteiger partial charge in [-0.2, -0.15) is 0 Å². The molecule has 2 N–H and O–H groups in total. The van der Waals surface area contributed by atoms with Crippen LogP contribution in [-0.4, -0.2) is 26.5 Å². The molecule has 0 saturated heterocycles. The molecule has 0 aliphatic carbocycles. The van der Waals surface area contributed by atoms with E-state index in [4.69, 9.17) is 0 Å². The quantitative estimate of drug-likeness (QED) is 0.647. The molecule has 0 spiro atoms. The minimum atomic E-state index is -1.11. The van der Waals surface area contributed by atoms with Crippen molar-refractivity contribution in [3.05, 3.63) is 40.4 Å². The highest BCUT2D eigenvalue weighted by atomic mass is 16.6. The third-order valence-corrected chi connectivity index (χ3v) is 3.47. The van der Waals surface area contributed by atoms with E-state index >= 15 is 0 Å². The van der Waals surface area contributed by atoms with Crippen LogP contribution in [-0.2, 0) is 4.79 Å². The first-order valence-corrected chi connectivity index (χ1v) is 6.42. The predicted molar refractivity (Wildman–Crippen MR) is 78.4 cm³/mol. The number of benzene rings is 1. The lowest BCUT2D eigenvalue weighted by Crippen LogP contribution is -2.42. The Kier molecular flexibility index (Phi) is 3.75. The topological polar surface area (TPSA) is 105 Å². The van der Waals surface area contributed by atoms with Gasteiger partial charge in [0.25, 0.3) is 5.69 Å². The van der Waals surface area contributed by atoms with Gasteiger partial charge < -0.3 is 10.4 Å². The van der Waals surface area contributed by atoms with Crippen molar-refractivity contribution < 1.29 is 14.8 Å². The number of nitro groups is 1. The summed E-state index contributed by atoms with van der Waals surface area (Å²) in [6.07, 6.45) is 0.391. The first kappa shape index (κ1) is 14.7. The first-order valence-electron chi connectivity index (χ1n) is 6.42. The molecule has 0 aliphatic heterocycles. The molecule has 1 heterocycles. The number of nitrogens with one attached hydrogen (secondary N) is 1. The van der Waals surface area contributed by atoms with Crippen molar-refractivity contribution in [1.29, 1.82) is 0 Å². The third kappa shape index (κ3) is 2.91. The van der Waals surface area contributed by atoms with Gasteiger partial charge in [0, 0.05) is 17.5 Å². The van der Waals surface area contributed by atoms with Crippen LogP contribution in [0.15, 0.2) is 30.3 Å². The van der Waals surface area contributed by atoms with Crippen LogP contribution >= 0.6 is 0 Å². The molecular weight excluding hydrogens is 274 g/mol. The molecule has 110 valence electrons. The van der Waals surface area contributed by atoms with Crippen LogP contribution in [0.25, 0.3) is 10.9 Å². The molecule has 0 amide bonds. The number of nitrogens with zero attached hydrogens (tertiary/aromatic N) is 2. The van der Waals surface area contributed by atoms with E-state index in [0.717, 1.165) is 0 Å². The Balaban J connectivity index is 2.38.